The summed E-state index contributed by atoms with van der Waals surface area (Å²) in [6.45, 7) is 4.53. The van der Waals surface area contributed by atoms with E-state index in [2.05, 4.69) is 43.5 Å². The van der Waals surface area contributed by atoms with Gasteiger partial charge in [0, 0.05) is 6.42 Å². The summed E-state index contributed by atoms with van der Waals surface area (Å²) in [4.78, 5) is 25.1. The van der Waals surface area contributed by atoms with E-state index in [4.69, 9.17) is 9.05 Å². The molecule has 300 valence electrons. The fraction of sp³-hybridized carbons (Fsp3) is 0.833. The Morgan fingerprint density at radius 2 is 1.12 bits per heavy atom. The molecule has 2 N–H and O–H groups in total. The maximum Gasteiger partial charge on any atom is 0.268 e. The molecule has 0 aliphatic carbocycles. The minimum atomic E-state index is -4.58. The lowest BCUT2D eigenvalue weighted by Gasteiger charge is -2.29. The highest BCUT2D eigenvalue weighted by Gasteiger charge is 2.23. The van der Waals surface area contributed by atoms with Crippen LogP contribution < -0.4 is 10.2 Å². The van der Waals surface area contributed by atoms with Crippen molar-refractivity contribution in [3.05, 3.63) is 36.5 Å². The van der Waals surface area contributed by atoms with Gasteiger partial charge in [0.25, 0.3) is 7.82 Å². The van der Waals surface area contributed by atoms with Gasteiger partial charge in [-0.2, -0.15) is 0 Å². The molecule has 3 unspecified atom stereocenters. The number of phosphoric ester groups is 1. The van der Waals surface area contributed by atoms with Gasteiger partial charge >= 0.3 is 0 Å². The maximum absolute atomic E-state index is 12.8. The van der Waals surface area contributed by atoms with E-state index in [0.29, 0.717) is 17.4 Å². The normalized spacial score (nSPS) is 14.9. The molecule has 0 saturated carbocycles. The second-order valence-electron chi connectivity index (χ2n) is 15.3. The Labute approximate surface area is 315 Å². The number of hydrogen-bond donors (Lipinski definition) is 2. The number of phosphoric acid groups is 1. The Bertz CT molecular complexity index is 933. The third-order valence-electron chi connectivity index (χ3n) is 9.07. The second-order valence-corrected chi connectivity index (χ2v) is 16.7. The maximum atomic E-state index is 12.8. The minimum absolute atomic E-state index is 0.00733. The summed E-state index contributed by atoms with van der Waals surface area (Å²) < 4.78 is 23.0. The zero-order valence-electron chi connectivity index (χ0n) is 33.8. The minimum Gasteiger partial charge on any atom is -0.756 e. The molecule has 0 rings (SSSR count). The van der Waals surface area contributed by atoms with Crippen LogP contribution in [0.15, 0.2) is 36.5 Å². The lowest BCUT2D eigenvalue weighted by atomic mass is 10.0. The predicted octanol–water partition coefficient (Wildman–Crippen LogP) is 10.5. The van der Waals surface area contributed by atoms with Crippen LogP contribution in [0.3, 0.4) is 0 Å². The van der Waals surface area contributed by atoms with E-state index >= 15 is 0 Å². The summed E-state index contributed by atoms with van der Waals surface area (Å²) in [6.07, 6.45) is 40.7. The summed E-state index contributed by atoms with van der Waals surface area (Å²) in [5.74, 6) is -0.214. The average Bonchev–Trinajstić information content (AvgIpc) is 3.07. The number of carbonyl (C=O) groups excluding carboxylic acids is 1. The van der Waals surface area contributed by atoms with Crippen LogP contribution in [0, 0.1) is 0 Å². The number of aliphatic hydroxyl groups is 1. The van der Waals surface area contributed by atoms with Crippen LogP contribution in [0.25, 0.3) is 0 Å². The molecule has 0 aliphatic rings. The number of rotatable bonds is 37. The van der Waals surface area contributed by atoms with Gasteiger partial charge in [0.1, 0.15) is 13.2 Å². The van der Waals surface area contributed by atoms with E-state index in [-0.39, 0.29) is 12.5 Å². The van der Waals surface area contributed by atoms with Crippen molar-refractivity contribution in [3.8, 4) is 0 Å². The lowest BCUT2D eigenvalue weighted by Crippen LogP contribution is -2.45. The van der Waals surface area contributed by atoms with E-state index in [0.717, 1.165) is 38.5 Å². The first kappa shape index (κ1) is 49.7. The van der Waals surface area contributed by atoms with Crippen LogP contribution in [-0.4, -0.2) is 68.5 Å². The van der Waals surface area contributed by atoms with Gasteiger partial charge in [-0.3, -0.25) is 9.36 Å². The zero-order chi connectivity index (χ0) is 37.9. The van der Waals surface area contributed by atoms with Crippen molar-refractivity contribution >= 4 is 13.7 Å². The number of unbranched alkanes of at least 4 members (excludes halogenated alkanes) is 20. The number of nitrogens with one attached hydrogen (secondary N) is 1. The summed E-state index contributed by atoms with van der Waals surface area (Å²) in [7, 11) is 1.24. The third kappa shape index (κ3) is 36.9. The van der Waals surface area contributed by atoms with Gasteiger partial charge in [0.2, 0.25) is 5.91 Å². The van der Waals surface area contributed by atoms with Crippen LogP contribution in [-0.2, 0) is 18.4 Å². The molecule has 0 spiro atoms. The van der Waals surface area contributed by atoms with E-state index in [1.807, 2.05) is 27.2 Å². The molecule has 9 heteroatoms. The van der Waals surface area contributed by atoms with E-state index < -0.39 is 26.6 Å². The summed E-state index contributed by atoms with van der Waals surface area (Å²) in [5.41, 5.74) is 0. The molecule has 8 nitrogen and oxygen atoms in total. The van der Waals surface area contributed by atoms with Crippen molar-refractivity contribution in [1.29, 1.82) is 0 Å². The van der Waals surface area contributed by atoms with Crippen LogP contribution >= 0.6 is 7.82 Å². The fourth-order valence-corrected chi connectivity index (χ4v) is 6.40. The molecular weight excluding hydrogens is 659 g/mol. The zero-order valence-corrected chi connectivity index (χ0v) is 34.7. The second kappa shape index (κ2) is 34.5. The number of quaternary nitrogens is 1. The number of carbonyl (C=O) groups is 1. The highest BCUT2D eigenvalue weighted by atomic mass is 31.2. The monoisotopic (exact) mass is 741 g/mol. The molecule has 3 atom stereocenters. The van der Waals surface area contributed by atoms with Gasteiger partial charge in [0.05, 0.1) is 39.9 Å². The Hall–Kier alpha value is -1.28. The lowest BCUT2D eigenvalue weighted by molar-refractivity contribution is -0.870. The number of amides is 1. The molecule has 0 fully saturated rings. The van der Waals surface area contributed by atoms with Gasteiger partial charge in [-0.05, 0) is 51.4 Å². The van der Waals surface area contributed by atoms with Gasteiger partial charge < -0.3 is 28.8 Å². The van der Waals surface area contributed by atoms with Crippen molar-refractivity contribution in [3.63, 3.8) is 0 Å². The smallest absolute Gasteiger partial charge is 0.268 e. The van der Waals surface area contributed by atoms with Gasteiger partial charge in [-0.25, -0.2) is 0 Å². The topological polar surface area (TPSA) is 108 Å². The Morgan fingerprint density at radius 1 is 0.667 bits per heavy atom. The Kier molecular flexibility index (Phi) is 33.6. The summed E-state index contributed by atoms with van der Waals surface area (Å²) >= 11 is 0. The Balaban J connectivity index is 4.27. The molecular formula is C42H81N2O6P. The van der Waals surface area contributed by atoms with Crippen LogP contribution in [0.2, 0.25) is 0 Å². The predicted molar refractivity (Wildman–Crippen MR) is 215 cm³/mol. The number of aliphatic hydroxyl groups excluding tert-OH is 1. The molecule has 0 aromatic heterocycles. The van der Waals surface area contributed by atoms with Gasteiger partial charge in [-0.1, -0.05) is 153 Å². The number of allylic oxidation sites excluding steroid dienone is 5. The quantitative estimate of drug-likeness (QED) is 0.0284. The van der Waals surface area contributed by atoms with E-state index in [1.54, 1.807) is 6.08 Å². The molecule has 0 aromatic carbocycles. The SMILES string of the molecule is CCCC/C=C/CC/C=C/C(O)C(COP(=O)([O-])OCC[N+](C)(C)C)NC(=O)CCCCCCCCCCC/C=C\CCCCCCCCCC. The molecule has 0 heterocycles. The average molecular weight is 741 g/mol. The fourth-order valence-electron chi connectivity index (χ4n) is 5.68. The standard InChI is InChI=1S/C42H81N2O6P/c1-6-8-10-12-14-16-17-18-19-20-21-22-23-24-25-26-27-28-30-32-34-36-42(46)43-40(39-50-51(47,48)49-38-37-44(3,4)5)41(45)35-33-31-29-15-13-11-9-7-2/h13,15,20-21,33,35,40-41,45H,6-12,14,16-19,22-32,34,36-39H2,1-5H3,(H-,43,46,47,48)/b15-13+,21-20-,35-33+. The third-order valence-corrected chi connectivity index (χ3v) is 10.0. The summed E-state index contributed by atoms with van der Waals surface area (Å²) in [5, 5.41) is 13.6. The van der Waals surface area contributed by atoms with Crippen molar-refractivity contribution in [2.75, 3.05) is 40.9 Å². The first-order valence-electron chi connectivity index (χ1n) is 20.9. The van der Waals surface area contributed by atoms with Crippen molar-refractivity contribution in [2.45, 2.75) is 187 Å². The van der Waals surface area contributed by atoms with Crippen molar-refractivity contribution in [1.82, 2.24) is 5.32 Å². The molecule has 0 aromatic rings. The van der Waals surface area contributed by atoms with Crippen molar-refractivity contribution in [2.24, 2.45) is 0 Å². The summed E-state index contributed by atoms with van der Waals surface area (Å²) in [6, 6.07) is -0.900. The highest BCUT2D eigenvalue weighted by molar-refractivity contribution is 7.45. The van der Waals surface area contributed by atoms with Crippen LogP contribution in [0.5, 0.6) is 0 Å². The molecule has 0 saturated heterocycles. The van der Waals surface area contributed by atoms with Gasteiger partial charge in [0.15, 0.2) is 0 Å². The molecule has 1 amide bonds. The van der Waals surface area contributed by atoms with Crippen LogP contribution in [0.4, 0.5) is 0 Å². The molecule has 0 radical (unpaired) electrons. The number of nitrogens with zero attached hydrogens (tertiary/aromatic N) is 1. The molecule has 0 bridgehead atoms. The van der Waals surface area contributed by atoms with Crippen LogP contribution in [0.1, 0.15) is 174 Å². The largest absolute Gasteiger partial charge is 0.756 e. The van der Waals surface area contributed by atoms with E-state index in [1.165, 1.54) is 116 Å². The number of hydrogen-bond acceptors (Lipinski definition) is 6. The first-order chi connectivity index (χ1) is 24.5. The molecule has 0 aliphatic heterocycles. The number of likely N-dealkylation sites (N-methyl/N-ethyl adjacent to an activating group) is 1. The Morgan fingerprint density at radius 3 is 1.65 bits per heavy atom. The van der Waals surface area contributed by atoms with E-state index in [9.17, 15) is 19.4 Å². The molecule has 51 heavy (non-hydrogen) atoms. The van der Waals surface area contributed by atoms with Gasteiger partial charge in [-0.15, -0.1) is 0 Å². The highest BCUT2D eigenvalue weighted by Crippen LogP contribution is 2.38. The first-order valence-corrected chi connectivity index (χ1v) is 22.3. The van der Waals surface area contributed by atoms with Crippen molar-refractivity contribution < 1.29 is 32.9 Å².